The molecule has 3 rings (SSSR count). The number of aromatic hydroxyl groups is 1. The summed E-state index contributed by atoms with van der Waals surface area (Å²) >= 11 is 1.46. The van der Waals surface area contributed by atoms with E-state index in [0.717, 1.165) is 21.4 Å². The van der Waals surface area contributed by atoms with Gasteiger partial charge in [0.25, 0.3) is 0 Å². The fourth-order valence-electron chi connectivity index (χ4n) is 2.02. The molecule has 0 saturated heterocycles. The van der Waals surface area contributed by atoms with E-state index >= 15 is 0 Å². The van der Waals surface area contributed by atoms with Crippen molar-refractivity contribution in [3.63, 3.8) is 0 Å². The van der Waals surface area contributed by atoms with E-state index in [1.807, 2.05) is 24.3 Å². The van der Waals surface area contributed by atoms with Gasteiger partial charge in [0.15, 0.2) is 6.04 Å². The summed E-state index contributed by atoms with van der Waals surface area (Å²) in [4.78, 5) is 15.1. The number of phenols is 1. The number of benzene rings is 2. The molecule has 0 aliphatic carbocycles. The van der Waals surface area contributed by atoms with Crippen LogP contribution < -0.4 is 0 Å². The lowest BCUT2D eigenvalue weighted by Crippen LogP contribution is -2.17. The van der Waals surface area contributed by atoms with Gasteiger partial charge in [-0.2, -0.15) is 0 Å². The number of hydrogen-bond donors (Lipinski definition) is 2. The molecule has 1 heterocycles. The summed E-state index contributed by atoms with van der Waals surface area (Å²) in [6.07, 6.45) is 0. The molecular weight excluding hydrogens is 262 g/mol. The van der Waals surface area contributed by atoms with Crippen molar-refractivity contribution in [3.05, 3.63) is 42.0 Å². The lowest BCUT2D eigenvalue weighted by molar-refractivity contribution is -0.137. The minimum Gasteiger partial charge on any atom is -0.508 e. The molecule has 96 valence electrons. The Morgan fingerprint density at radius 3 is 2.68 bits per heavy atom. The van der Waals surface area contributed by atoms with Gasteiger partial charge < -0.3 is 10.2 Å². The monoisotopic (exact) mass is 273 g/mol. The van der Waals surface area contributed by atoms with Gasteiger partial charge in [-0.1, -0.05) is 18.2 Å². The topological polar surface area (TPSA) is 69.9 Å². The van der Waals surface area contributed by atoms with Gasteiger partial charge in [-0.25, -0.2) is 4.79 Å². The molecule has 0 aromatic heterocycles. The highest BCUT2D eigenvalue weighted by atomic mass is 32.2. The predicted octanol–water partition coefficient (Wildman–Crippen LogP) is 2.49. The number of carboxylic acids is 1. The largest absolute Gasteiger partial charge is 0.508 e. The van der Waals surface area contributed by atoms with Gasteiger partial charge in [0.05, 0.1) is 5.04 Å². The van der Waals surface area contributed by atoms with E-state index in [2.05, 4.69) is 4.99 Å². The van der Waals surface area contributed by atoms with Crippen molar-refractivity contribution in [2.24, 2.45) is 4.99 Å². The Kier molecular flexibility index (Phi) is 2.91. The Labute approximate surface area is 113 Å². The number of fused-ring (bicyclic) bond motifs is 1. The quantitative estimate of drug-likeness (QED) is 0.882. The summed E-state index contributed by atoms with van der Waals surface area (Å²) in [6, 6.07) is 10.3. The predicted molar refractivity (Wildman–Crippen MR) is 76.0 cm³/mol. The molecule has 5 heteroatoms. The molecule has 0 saturated carbocycles. The summed E-state index contributed by atoms with van der Waals surface area (Å²) < 4.78 is 0. The molecule has 0 spiro atoms. The van der Waals surface area contributed by atoms with Crippen LogP contribution in [0.3, 0.4) is 0 Å². The number of hydrogen-bond acceptors (Lipinski definition) is 4. The van der Waals surface area contributed by atoms with E-state index < -0.39 is 12.0 Å². The van der Waals surface area contributed by atoms with Crippen molar-refractivity contribution >= 4 is 33.5 Å². The standard InChI is InChI=1S/C14H11NO3S/c16-11-4-3-8-5-10(2-1-9(8)6-11)13-15-12(7-19-13)14(17)18/h1-6,12,16H,7H2,(H,17,18)/t12-/m1/s1. The third-order valence-corrected chi connectivity index (χ3v) is 4.10. The van der Waals surface area contributed by atoms with E-state index in [0.29, 0.717) is 5.75 Å². The van der Waals surface area contributed by atoms with Crippen LogP contribution in [0.5, 0.6) is 5.75 Å². The van der Waals surface area contributed by atoms with Crippen LogP contribution in [0.2, 0.25) is 0 Å². The molecule has 0 fully saturated rings. The van der Waals surface area contributed by atoms with E-state index in [1.54, 1.807) is 12.1 Å². The molecular formula is C14H11NO3S. The van der Waals surface area contributed by atoms with Gasteiger partial charge in [-0.05, 0) is 29.0 Å². The van der Waals surface area contributed by atoms with Crippen molar-refractivity contribution in [2.45, 2.75) is 6.04 Å². The summed E-state index contributed by atoms with van der Waals surface area (Å²) in [5.74, 6) is -0.162. The summed E-state index contributed by atoms with van der Waals surface area (Å²) in [7, 11) is 0. The number of rotatable bonds is 2. The molecule has 1 aliphatic heterocycles. The Bertz CT molecular complexity index is 696. The molecule has 0 bridgehead atoms. The molecule has 1 atom stereocenters. The van der Waals surface area contributed by atoms with Crippen LogP contribution in [0, 0.1) is 0 Å². The van der Waals surface area contributed by atoms with Crippen LogP contribution in [-0.4, -0.2) is 33.0 Å². The lowest BCUT2D eigenvalue weighted by atomic mass is 10.1. The van der Waals surface area contributed by atoms with Crippen LogP contribution in [0.15, 0.2) is 41.4 Å². The molecule has 19 heavy (non-hydrogen) atoms. The first kappa shape index (κ1) is 12.0. The van der Waals surface area contributed by atoms with E-state index in [1.165, 1.54) is 11.8 Å². The molecule has 1 aliphatic rings. The zero-order valence-electron chi connectivity index (χ0n) is 9.91. The second-order valence-electron chi connectivity index (χ2n) is 4.35. The zero-order valence-corrected chi connectivity index (χ0v) is 10.7. The van der Waals surface area contributed by atoms with Gasteiger partial charge in [-0.3, -0.25) is 4.99 Å². The average Bonchev–Trinajstić information content (AvgIpc) is 2.88. The number of phenolic OH excluding ortho intramolecular Hbond substituents is 1. The third kappa shape index (κ3) is 2.29. The minimum absolute atomic E-state index is 0.235. The molecule has 0 amide bonds. The second-order valence-corrected chi connectivity index (χ2v) is 5.35. The van der Waals surface area contributed by atoms with Crippen molar-refractivity contribution in [2.75, 3.05) is 5.75 Å². The van der Waals surface area contributed by atoms with Gasteiger partial charge in [-0.15, -0.1) is 11.8 Å². The van der Waals surface area contributed by atoms with Crippen LogP contribution in [0.1, 0.15) is 5.56 Å². The number of thioether (sulfide) groups is 1. The minimum atomic E-state index is -0.881. The van der Waals surface area contributed by atoms with Crippen LogP contribution >= 0.6 is 11.8 Å². The van der Waals surface area contributed by atoms with E-state index in [9.17, 15) is 9.90 Å². The molecule has 0 unspecified atom stereocenters. The summed E-state index contributed by atoms with van der Waals surface area (Å²) in [5.41, 5.74) is 0.923. The third-order valence-electron chi connectivity index (χ3n) is 3.01. The van der Waals surface area contributed by atoms with Crippen molar-refractivity contribution in [1.29, 1.82) is 0 Å². The van der Waals surface area contributed by atoms with E-state index in [-0.39, 0.29) is 5.75 Å². The maximum atomic E-state index is 10.9. The Morgan fingerprint density at radius 2 is 1.95 bits per heavy atom. The highest BCUT2D eigenvalue weighted by molar-refractivity contribution is 8.14. The van der Waals surface area contributed by atoms with Gasteiger partial charge >= 0.3 is 5.97 Å². The molecule has 2 aromatic rings. The normalized spacial score (nSPS) is 18.5. The van der Waals surface area contributed by atoms with E-state index in [4.69, 9.17) is 5.11 Å². The van der Waals surface area contributed by atoms with Gasteiger partial charge in [0.1, 0.15) is 5.75 Å². The Morgan fingerprint density at radius 1 is 1.21 bits per heavy atom. The molecule has 4 nitrogen and oxygen atoms in total. The maximum absolute atomic E-state index is 10.9. The number of aliphatic carboxylic acids is 1. The van der Waals surface area contributed by atoms with Crippen molar-refractivity contribution < 1.29 is 15.0 Å². The fraction of sp³-hybridized carbons (Fsp3) is 0.143. The SMILES string of the molecule is O=C(O)[C@H]1CSC(c2ccc3cc(O)ccc3c2)=N1. The van der Waals surface area contributed by atoms with Crippen molar-refractivity contribution in [3.8, 4) is 5.75 Å². The van der Waals surface area contributed by atoms with Crippen LogP contribution in [0.4, 0.5) is 0 Å². The molecule has 2 aromatic carbocycles. The first-order valence-electron chi connectivity index (χ1n) is 5.80. The Hall–Kier alpha value is -2.01. The van der Waals surface area contributed by atoms with Gasteiger partial charge in [0, 0.05) is 11.3 Å². The summed E-state index contributed by atoms with van der Waals surface area (Å²) in [6.45, 7) is 0. The maximum Gasteiger partial charge on any atom is 0.329 e. The number of nitrogens with zero attached hydrogens (tertiary/aromatic N) is 1. The summed E-state index contributed by atoms with van der Waals surface area (Å²) in [5, 5.41) is 21.1. The van der Waals surface area contributed by atoms with Crippen LogP contribution in [0.25, 0.3) is 10.8 Å². The fourth-order valence-corrected chi connectivity index (χ4v) is 3.05. The lowest BCUT2D eigenvalue weighted by Gasteiger charge is -2.03. The Balaban J connectivity index is 2.00. The first-order chi connectivity index (χ1) is 9.13. The number of carbonyl (C=O) groups is 1. The highest BCUT2D eigenvalue weighted by Gasteiger charge is 2.25. The second kappa shape index (κ2) is 4.59. The first-order valence-corrected chi connectivity index (χ1v) is 6.78. The molecule has 0 radical (unpaired) electrons. The van der Waals surface area contributed by atoms with Crippen molar-refractivity contribution in [1.82, 2.24) is 0 Å². The number of carboxylic acid groups (broad SMARTS) is 1. The number of aliphatic imine (C=N–C) groups is 1. The van der Waals surface area contributed by atoms with Gasteiger partial charge in [0.2, 0.25) is 0 Å². The highest BCUT2D eigenvalue weighted by Crippen LogP contribution is 2.27. The van der Waals surface area contributed by atoms with Crippen LogP contribution in [-0.2, 0) is 4.79 Å². The smallest absolute Gasteiger partial charge is 0.329 e. The zero-order chi connectivity index (χ0) is 13.4. The molecule has 2 N–H and O–H groups in total. The average molecular weight is 273 g/mol.